The second-order valence-electron chi connectivity index (χ2n) is 19.0. The third-order valence-electron chi connectivity index (χ3n) is 12.2. The molecule has 3 N–H and O–H groups in total. The predicted molar refractivity (Wildman–Crippen MR) is 266 cm³/mol. The zero-order valence-corrected chi connectivity index (χ0v) is 42.3. The van der Waals surface area contributed by atoms with Crippen molar-refractivity contribution in [2.24, 2.45) is 5.41 Å². The van der Waals surface area contributed by atoms with Gasteiger partial charge in [-0.15, -0.1) is 11.3 Å². The van der Waals surface area contributed by atoms with E-state index in [0.717, 1.165) is 38.7 Å². The van der Waals surface area contributed by atoms with E-state index in [-0.39, 0.29) is 42.8 Å². The Balaban J connectivity index is 0.866. The Kier molecular flexibility index (Phi) is 18.0. The minimum atomic E-state index is -4.81. The van der Waals surface area contributed by atoms with Gasteiger partial charge in [-0.05, 0) is 106 Å². The number of nitrogens with zero attached hydrogens (tertiary/aromatic N) is 5. The van der Waals surface area contributed by atoms with E-state index in [9.17, 15) is 42.7 Å². The summed E-state index contributed by atoms with van der Waals surface area (Å²) in [5.41, 5.74) is 1.41. The lowest BCUT2D eigenvalue weighted by molar-refractivity contribution is -0.144. The fourth-order valence-corrected chi connectivity index (χ4v) is 9.66. The second kappa shape index (κ2) is 23.5. The molecule has 2 saturated heterocycles. The SMILES string of the molecule is Cc1ncsc1-c1ccc(CNC(=O)[C@@H]2C[C@@H](O)CN2C(=O)[C@@H](NC(=O)COCCCCOCCCCOc2cccc(N3C(=S)N(c4ccc(C#N)c(C(F)(F)F)c4)C(=O)C3(C)C)c2)C(C)(C)C)cc1. The number of thiocarbonyl (C=S) groups is 1. The van der Waals surface area contributed by atoms with Crippen LogP contribution in [0.1, 0.15) is 89.1 Å². The number of ether oxygens (including phenoxy) is 3. The zero-order chi connectivity index (χ0) is 51.7. The van der Waals surface area contributed by atoms with Gasteiger partial charge >= 0.3 is 6.18 Å². The molecule has 4 amide bonds. The van der Waals surface area contributed by atoms with E-state index >= 15 is 0 Å². The van der Waals surface area contributed by atoms with Gasteiger partial charge in [-0.25, -0.2) is 4.98 Å². The van der Waals surface area contributed by atoms with Crippen LogP contribution in [0.2, 0.25) is 0 Å². The third kappa shape index (κ3) is 13.5. The summed E-state index contributed by atoms with van der Waals surface area (Å²) in [4.78, 5) is 63.4. The number of likely N-dealkylation sites (tertiary alicyclic amines) is 1. The average molecular weight is 1020 g/mol. The highest BCUT2D eigenvalue weighted by Crippen LogP contribution is 2.40. The molecule has 3 aromatic carbocycles. The van der Waals surface area contributed by atoms with Gasteiger partial charge in [0.1, 0.15) is 30.0 Å². The number of aliphatic hydroxyl groups excluding tert-OH is 1. The Morgan fingerprint density at radius 3 is 2.28 bits per heavy atom. The fraction of sp³-hybridized carbons (Fsp3) is 0.471. The van der Waals surface area contributed by atoms with Gasteiger partial charge in [-0.2, -0.15) is 18.4 Å². The van der Waals surface area contributed by atoms with Gasteiger partial charge in [0.2, 0.25) is 17.7 Å². The first-order valence-electron chi connectivity index (χ1n) is 23.3. The van der Waals surface area contributed by atoms with Crippen LogP contribution in [-0.4, -0.2) is 107 Å². The van der Waals surface area contributed by atoms with Crippen LogP contribution in [0.4, 0.5) is 24.5 Å². The first-order chi connectivity index (χ1) is 33.6. The fourth-order valence-electron chi connectivity index (χ4n) is 8.33. The highest BCUT2D eigenvalue weighted by atomic mass is 32.1. The molecule has 0 spiro atoms. The van der Waals surface area contributed by atoms with Crippen molar-refractivity contribution in [1.82, 2.24) is 20.5 Å². The molecule has 2 aliphatic heterocycles. The van der Waals surface area contributed by atoms with Crippen molar-refractivity contribution in [1.29, 1.82) is 5.26 Å². The number of nitriles is 1. The first kappa shape index (κ1) is 54.4. The van der Waals surface area contributed by atoms with Gasteiger partial charge in [0.25, 0.3) is 5.91 Å². The molecule has 0 unspecified atom stereocenters. The summed E-state index contributed by atoms with van der Waals surface area (Å²) in [5, 5.41) is 25.5. The van der Waals surface area contributed by atoms with Gasteiger partial charge in [0.15, 0.2) is 5.11 Å². The van der Waals surface area contributed by atoms with Gasteiger partial charge < -0.3 is 39.8 Å². The van der Waals surface area contributed by atoms with Crippen LogP contribution >= 0.6 is 23.6 Å². The van der Waals surface area contributed by atoms with E-state index in [0.29, 0.717) is 63.5 Å². The number of aromatic nitrogens is 1. The number of anilines is 2. The molecule has 71 heavy (non-hydrogen) atoms. The highest BCUT2D eigenvalue weighted by Gasteiger charge is 2.51. The topological polar surface area (TPSA) is 187 Å². The number of hydrogen-bond donors (Lipinski definition) is 3. The Morgan fingerprint density at radius 1 is 0.972 bits per heavy atom. The Bertz CT molecular complexity index is 2600. The molecule has 20 heteroatoms. The van der Waals surface area contributed by atoms with Crippen molar-refractivity contribution in [2.75, 3.05) is 49.4 Å². The number of nitrogens with one attached hydrogen (secondary N) is 2. The number of hydrogen-bond acceptors (Lipinski definition) is 12. The van der Waals surface area contributed by atoms with Gasteiger partial charge in [-0.1, -0.05) is 51.1 Å². The normalized spacial score (nSPS) is 17.3. The molecule has 3 atom stereocenters. The Hall–Kier alpha value is -5.98. The highest BCUT2D eigenvalue weighted by molar-refractivity contribution is 7.81. The van der Waals surface area contributed by atoms with E-state index in [1.54, 1.807) is 65.9 Å². The largest absolute Gasteiger partial charge is 0.494 e. The lowest BCUT2D eigenvalue weighted by atomic mass is 9.85. The van der Waals surface area contributed by atoms with E-state index in [1.807, 2.05) is 52.0 Å². The number of aliphatic hydroxyl groups is 1. The molecule has 380 valence electrons. The summed E-state index contributed by atoms with van der Waals surface area (Å²) in [7, 11) is 0. The first-order valence-corrected chi connectivity index (χ1v) is 24.6. The minimum absolute atomic E-state index is 0.0155. The van der Waals surface area contributed by atoms with Crippen LogP contribution < -0.4 is 25.2 Å². The summed E-state index contributed by atoms with van der Waals surface area (Å²) in [5.74, 6) is -1.33. The Labute approximate surface area is 421 Å². The minimum Gasteiger partial charge on any atom is -0.494 e. The number of benzene rings is 3. The zero-order valence-electron chi connectivity index (χ0n) is 40.6. The number of carbonyl (C=O) groups excluding carboxylic acids is 4. The number of aryl methyl sites for hydroxylation is 1. The van der Waals surface area contributed by atoms with Crippen molar-refractivity contribution in [3.05, 3.63) is 94.6 Å². The number of rotatable bonds is 21. The van der Waals surface area contributed by atoms with Gasteiger partial charge in [0.05, 0.1) is 51.7 Å². The lowest BCUT2D eigenvalue weighted by Gasteiger charge is -2.35. The molecule has 1 aromatic heterocycles. The summed E-state index contributed by atoms with van der Waals surface area (Å²) < 4.78 is 58.6. The van der Waals surface area contributed by atoms with Crippen LogP contribution in [0.5, 0.6) is 5.75 Å². The number of unbranched alkanes of at least 4 members (excludes halogenated alkanes) is 2. The maximum atomic E-state index is 14.0. The van der Waals surface area contributed by atoms with Crippen LogP contribution in [0, 0.1) is 23.7 Å². The number of thiazole rings is 1. The molecule has 0 saturated carbocycles. The number of amides is 4. The second-order valence-corrected chi connectivity index (χ2v) is 20.2. The lowest BCUT2D eigenvalue weighted by Crippen LogP contribution is -2.58. The van der Waals surface area contributed by atoms with Gasteiger partial charge in [0, 0.05) is 51.1 Å². The average Bonchev–Trinajstić information content (AvgIpc) is 3.99. The van der Waals surface area contributed by atoms with Crippen molar-refractivity contribution >= 4 is 63.7 Å². The summed E-state index contributed by atoms with van der Waals surface area (Å²) in [6.07, 6.45) is -2.90. The number of carbonyl (C=O) groups is 4. The quantitative estimate of drug-likeness (QED) is 0.0546. The van der Waals surface area contributed by atoms with Crippen molar-refractivity contribution in [3.8, 4) is 22.3 Å². The molecule has 15 nitrogen and oxygen atoms in total. The van der Waals surface area contributed by atoms with Crippen LogP contribution in [0.25, 0.3) is 10.4 Å². The smallest absolute Gasteiger partial charge is 0.417 e. The van der Waals surface area contributed by atoms with E-state index in [2.05, 4.69) is 15.6 Å². The van der Waals surface area contributed by atoms with Crippen LogP contribution in [-0.2, 0) is 41.4 Å². The predicted octanol–water partition coefficient (Wildman–Crippen LogP) is 7.71. The summed E-state index contributed by atoms with van der Waals surface area (Å²) >= 11 is 7.21. The molecular formula is C51H60F3N7O8S2. The Morgan fingerprint density at radius 2 is 1.65 bits per heavy atom. The molecule has 4 aromatic rings. The van der Waals surface area contributed by atoms with E-state index in [1.165, 1.54) is 11.0 Å². The monoisotopic (exact) mass is 1020 g/mol. The van der Waals surface area contributed by atoms with Crippen LogP contribution in [0.3, 0.4) is 0 Å². The summed E-state index contributed by atoms with van der Waals surface area (Å²) in [6, 6.07) is 17.5. The molecule has 6 rings (SSSR count). The number of alkyl halides is 3. The van der Waals surface area contributed by atoms with Crippen molar-refractivity contribution < 1.29 is 51.7 Å². The molecular weight excluding hydrogens is 960 g/mol. The van der Waals surface area contributed by atoms with E-state index < -0.39 is 64.2 Å². The number of β-amino-alcohol motifs (C(OH)–C–C–N with tert-alkyl or cyclic N) is 1. The van der Waals surface area contributed by atoms with E-state index in [4.69, 9.17) is 26.4 Å². The van der Waals surface area contributed by atoms with Gasteiger partial charge in [-0.3, -0.25) is 24.1 Å². The standard InChI is InChI=1S/C51H60F3N7O8S2/c1-32-43(71-31-57-32)34-16-14-33(15-17-34)28-56-45(64)41-26-38(62)29-59(41)46(65)44(49(2,3)4)58-42(63)30-68-22-8-7-20-67-21-9-10-23-69-39-13-11-12-37(24-39)61-48(70)60(47(66)50(61,5)6)36-19-18-35(27-55)40(25-36)51(52,53)54/h11-19,24-25,31,38,41,44,62H,7-10,20-23,26,28-30H2,1-6H3,(H,56,64)(H,58,63)/t38-,41+,44-/m1/s1. The molecule has 0 radical (unpaired) electrons. The van der Waals surface area contributed by atoms with Crippen molar-refractivity contribution in [3.63, 3.8) is 0 Å². The molecule has 2 aliphatic rings. The maximum absolute atomic E-state index is 14.0. The maximum Gasteiger partial charge on any atom is 0.417 e. The molecule has 0 aliphatic carbocycles. The van der Waals surface area contributed by atoms with Crippen LogP contribution in [0.15, 0.2) is 72.2 Å². The number of halogens is 3. The molecule has 3 heterocycles. The third-order valence-corrected chi connectivity index (χ3v) is 13.5. The van der Waals surface area contributed by atoms with Crippen molar-refractivity contribution in [2.45, 2.75) is 110 Å². The molecule has 0 bridgehead atoms. The summed E-state index contributed by atoms with van der Waals surface area (Å²) in [6.45, 7) is 12.3. The molecule has 2 fully saturated rings.